The molecule has 1 saturated heterocycles. The minimum atomic E-state index is -0.109. The van der Waals surface area contributed by atoms with Crippen molar-refractivity contribution in [3.8, 4) is 11.5 Å². The van der Waals surface area contributed by atoms with Crippen molar-refractivity contribution in [3.05, 3.63) is 23.8 Å². The molecule has 1 aliphatic rings. The first kappa shape index (κ1) is 20.9. The van der Waals surface area contributed by atoms with Crippen LogP contribution in [0.4, 0.5) is 4.79 Å². The molecule has 2 rings (SSSR count). The van der Waals surface area contributed by atoms with Crippen molar-refractivity contribution in [3.63, 3.8) is 0 Å². The van der Waals surface area contributed by atoms with Gasteiger partial charge in [0.2, 0.25) is 5.91 Å². The first-order valence-corrected chi connectivity index (χ1v) is 9.57. The summed E-state index contributed by atoms with van der Waals surface area (Å²) in [6, 6.07) is 5.53. The number of nitrogens with one attached hydrogen (secondary N) is 1. The molecule has 0 atom stereocenters. The minimum Gasteiger partial charge on any atom is -0.493 e. The van der Waals surface area contributed by atoms with Crippen molar-refractivity contribution in [2.24, 2.45) is 5.92 Å². The predicted octanol–water partition coefficient (Wildman–Crippen LogP) is 2.49. The lowest BCUT2D eigenvalue weighted by molar-refractivity contribution is -0.134. The molecular weight excluding hydrogens is 346 g/mol. The van der Waals surface area contributed by atoms with E-state index in [0.717, 1.165) is 12.0 Å². The zero-order chi connectivity index (χ0) is 19.8. The molecule has 0 aliphatic carbocycles. The molecule has 27 heavy (non-hydrogen) atoms. The Kier molecular flexibility index (Phi) is 7.76. The van der Waals surface area contributed by atoms with Gasteiger partial charge < -0.3 is 24.6 Å². The lowest BCUT2D eigenvalue weighted by atomic mass is 10.2. The molecule has 0 aromatic heterocycles. The van der Waals surface area contributed by atoms with Gasteiger partial charge in [-0.1, -0.05) is 19.9 Å². The summed E-state index contributed by atoms with van der Waals surface area (Å²) >= 11 is 0. The number of carbonyl (C=O) groups is 2. The Hall–Kier alpha value is -2.44. The number of urea groups is 1. The van der Waals surface area contributed by atoms with Gasteiger partial charge in [-0.25, -0.2) is 4.79 Å². The molecular formula is C20H31N3O4. The fourth-order valence-electron chi connectivity index (χ4n) is 3.09. The topological polar surface area (TPSA) is 71.1 Å². The first-order valence-electron chi connectivity index (χ1n) is 9.57. The molecule has 1 aliphatic heterocycles. The largest absolute Gasteiger partial charge is 0.493 e. The van der Waals surface area contributed by atoms with Crippen LogP contribution in [0.1, 0.15) is 32.8 Å². The first-order chi connectivity index (χ1) is 13.0. The van der Waals surface area contributed by atoms with Gasteiger partial charge in [0.25, 0.3) is 0 Å². The second-order valence-electron chi connectivity index (χ2n) is 6.90. The van der Waals surface area contributed by atoms with Crippen molar-refractivity contribution in [1.29, 1.82) is 0 Å². The van der Waals surface area contributed by atoms with Gasteiger partial charge in [-0.3, -0.25) is 4.79 Å². The van der Waals surface area contributed by atoms with E-state index in [9.17, 15) is 9.59 Å². The molecule has 0 spiro atoms. The summed E-state index contributed by atoms with van der Waals surface area (Å²) in [5.74, 6) is 1.48. The highest BCUT2D eigenvalue weighted by Crippen LogP contribution is 2.28. The van der Waals surface area contributed by atoms with Crippen LogP contribution in [0.25, 0.3) is 0 Å². The third-order valence-electron chi connectivity index (χ3n) is 4.56. The van der Waals surface area contributed by atoms with Gasteiger partial charge in [0.1, 0.15) is 0 Å². The highest BCUT2D eigenvalue weighted by molar-refractivity contribution is 5.78. The number of ether oxygens (including phenoxy) is 2. The van der Waals surface area contributed by atoms with Gasteiger partial charge in [0.05, 0.1) is 13.7 Å². The summed E-state index contributed by atoms with van der Waals surface area (Å²) in [6.45, 7) is 9.18. The fraction of sp³-hybridized carbons (Fsp3) is 0.600. The maximum absolute atomic E-state index is 12.5. The molecule has 0 saturated carbocycles. The number of methoxy groups -OCH3 is 1. The molecule has 7 nitrogen and oxygen atoms in total. The van der Waals surface area contributed by atoms with Crippen molar-refractivity contribution in [1.82, 2.24) is 15.1 Å². The Morgan fingerprint density at radius 1 is 1.11 bits per heavy atom. The van der Waals surface area contributed by atoms with Gasteiger partial charge in [0.15, 0.2) is 11.5 Å². The molecule has 1 heterocycles. The van der Waals surface area contributed by atoms with Crippen LogP contribution in [-0.2, 0) is 11.3 Å². The quantitative estimate of drug-likeness (QED) is 0.827. The van der Waals surface area contributed by atoms with E-state index in [1.807, 2.05) is 43.9 Å². The van der Waals surface area contributed by atoms with Crippen LogP contribution < -0.4 is 14.8 Å². The molecule has 1 aromatic carbocycles. The second kappa shape index (κ2) is 10.0. The third kappa shape index (κ3) is 5.77. The number of nitrogens with zero attached hydrogens (tertiary/aromatic N) is 2. The lowest BCUT2D eigenvalue weighted by Crippen LogP contribution is -2.42. The SMILES string of the molecule is CCOc1cc(CNC(=O)N2CCCN(C(=O)C(C)C)CC2)ccc1OC. The van der Waals surface area contributed by atoms with Gasteiger partial charge in [0, 0.05) is 38.6 Å². The van der Waals surface area contributed by atoms with E-state index >= 15 is 0 Å². The highest BCUT2D eigenvalue weighted by atomic mass is 16.5. The van der Waals surface area contributed by atoms with E-state index in [0.29, 0.717) is 50.8 Å². The van der Waals surface area contributed by atoms with Crippen molar-refractivity contribution in [2.75, 3.05) is 39.9 Å². The Balaban J connectivity index is 1.90. The van der Waals surface area contributed by atoms with Crippen molar-refractivity contribution >= 4 is 11.9 Å². The number of benzene rings is 1. The van der Waals surface area contributed by atoms with Crippen LogP contribution in [0.5, 0.6) is 11.5 Å². The van der Waals surface area contributed by atoms with Crippen LogP contribution in [0.2, 0.25) is 0 Å². The minimum absolute atomic E-state index is 0.0139. The average molecular weight is 377 g/mol. The summed E-state index contributed by atoms with van der Waals surface area (Å²) in [5, 5.41) is 2.96. The highest BCUT2D eigenvalue weighted by Gasteiger charge is 2.23. The van der Waals surface area contributed by atoms with E-state index in [4.69, 9.17) is 9.47 Å². The van der Waals surface area contributed by atoms with Gasteiger partial charge in [-0.2, -0.15) is 0 Å². The molecule has 0 radical (unpaired) electrons. The van der Waals surface area contributed by atoms with E-state index < -0.39 is 0 Å². The van der Waals surface area contributed by atoms with E-state index in [2.05, 4.69) is 5.32 Å². The molecule has 150 valence electrons. The average Bonchev–Trinajstić information content (AvgIpc) is 2.92. The molecule has 7 heteroatoms. The van der Waals surface area contributed by atoms with Crippen LogP contribution in [-0.4, -0.2) is 61.6 Å². The summed E-state index contributed by atoms with van der Waals surface area (Å²) in [4.78, 5) is 28.3. The summed E-state index contributed by atoms with van der Waals surface area (Å²) in [7, 11) is 1.60. The third-order valence-corrected chi connectivity index (χ3v) is 4.56. The number of rotatable bonds is 6. The number of hydrogen-bond donors (Lipinski definition) is 1. The van der Waals surface area contributed by atoms with Crippen LogP contribution in [0.3, 0.4) is 0 Å². The monoisotopic (exact) mass is 377 g/mol. The smallest absolute Gasteiger partial charge is 0.317 e. The second-order valence-corrected chi connectivity index (χ2v) is 6.90. The fourth-order valence-corrected chi connectivity index (χ4v) is 3.09. The maximum Gasteiger partial charge on any atom is 0.317 e. The van der Waals surface area contributed by atoms with Crippen LogP contribution >= 0.6 is 0 Å². The normalized spacial score (nSPS) is 14.7. The summed E-state index contributed by atoms with van der Waals surface area (Å²) in [5.41, 5.74) is 0.944. The maximum atomic E-state index is 12.5. The zero-order valence-electron chi connectivity index (χ0n) is 16.8. The molecule has 3 amide bonds. The van der Waals surface area contributed by atoms with Crippen molar-refractivity contribution in [2.45, 2.75) is 33.7 Å². The van der Waals surface area contributed by atoms with Gasteiger partial charge >= 0.3 is 6.03 Å². The van der Waals surface area contributed by atoms with E-state index in [-0.39, 0.29) is 17.9 Å². The molecule has 0 bridgehead atoms. The lowest BCUT2D eigenvalue weighted by Gasteiger charge is -2.23. The number of hydrogen-bond acceptors (Lipinski definition) is 4. The number of carbonyl (C=O) groups excluding carboxylic acids is 2. The number of amides is 3. The van der Waals surface area contributed by atoms with Crippen LogP contribution in [0.15, 0.2) is 18.2 Å². The summed E-state index contributed by atoms with van der Waals surface area (Å²) in [6.07, 6.45) is 0.795. The van der Waals surface area contributed by atoms with Gasteiger partial charge in [-0.05, 0) is 31.0 Å². The molecule has 1 aromatic rings. The van der Waals surface area contributed by atoms with Gasteiger partial charge in [-0.15, -0.1) is 0 Å². The summed E-state index contributed by atoms with van der Waals surface area (Å²) < 4.78 is 10.9. The molecule has 1 fully saturated rings. The van der Waals surface area contributed by atoms with E-state index in [1.54, 1.807) is 12.0 Å². The van der Waals surface area contributed by atoms with E-state index in [1.165, 1.54) is 0 Å². The molecule has 1 N–H and O–H groups in total. The van der Waals surface area contributed by atoms with Crippen molar-refractivity contribution < 1.29 is 19.1 Å². The predicted molar refractivity (Wildman–Crippen MR) is 104 cm³/mol. The Morgan fingerprint density at radius 3 is 2.48 bits per heavy atom. The Bertz CT molecular complexity index is 648. The Labute approximate surface area is 161 Å². The standard InChI is InChI=1S/C20H31N3O4/c1-5-27-18-13-16(7-8-17(18)26-4)14-21-20(25)23-10-6-9-22(11-12-23)19(24)15(2)3/h7-8,13,15H,5-6,9-12,14H2,1-4H3,(H,21,25). The molecule has 0 unspecified atom stereocenters. The Morgan fingerprint density at radius 2 is 1.81 bits per heavy atom. The zero-order valence-corrected chi connectivity index (χ0v) is 16.8. The van der Waals surface area contributed by atoms with Crippen LogP contribution in [0, 0.1) is 5.92 Å².